The topological polar surface area (TPSA) is 50.9 Å². The molecule has 0 aliphatic carbocycles. The van der Waals surface area contributed by atoms with Crippen LogP contribution in [0.4, 0.5) is 11.5 Å². The van der Waals surface area contributed by atoms with Crippen LogP contribution >= 0.6 is 39.7 Å². The fourth-order valence-electron chi connectivity index (χ4n) is 1.95. The summed E-state index contributed by atoms with van der Waals surface area (Å²) >= 11 is 14.5. The lowest BCUT2D eigenvalue weighted by molar-refractivity contribution is 1.17. The number of aryl methyl sites for hydroxylation is 2. The van der Waals surface area contributed by atoms with Gasteiger partial charge in [0, 0.05) is 15.9 Å². The van der Waals surface area contributed by atoms with Gasteiger partial charge in [-0.1, -0.05) is 23.8 Å². The Morgan fingerprint density at radius 1 is 1.35 bits per heavy atom. The van der Waals surface area contributed by atoms with Gasteiger partial charge >= 0.3 is 0 Å². The molecule has 0 bridgehead atoms. The maximum Gasteiger partial charge on any atom is 0.141 e. The summed E-state index contributed by atoms with van der Waals surface area (Å²) in [6.45, 7) is 3.89. The second kappa shape index (κ2) is 6.08. The summed E-state index contributed by atoms with van der Waals surface area (Å²) in [5.74, 6) is 0.657. The van der Waals surface area contributed by atoms with E-state index in [0.717, 1.165) is 27.0 Å². The van der Waals surface area contributed by atoms with Gasteiger partial charge in [0.1, 0.15) is 10.8 Å². The van der Waals surface area contributed by atoms with Gasteiger partial charge < -0.3 is 11.1 Å². The molecule has 0 radical (unpaired) electrons. The van der Waals surface area contributed by atoms with Crippen LogP contribution in [0, 0.1) is 13.8 Å². The number of halogens is 2. The fraction of sp³-hybridized carbons (Fsp3) is 0.143. The van der Waals surface area contributed by atoms with Crippen molar-refractivity contribution in [3.05, 3.63) is 50.6 Å². The van der Waals surface area contributed by atoms with Gasteiger partial charge in [-0.15, -0.1) is 0 Å². The van der Waals surface area contributed by atoms with Crippen molar-refractivity contribution in [3.8, 4) is 0 Å². The minimum atomic E-state index is 0.325. The van der Waals surface area contributed by atoms with Crippen LogP contribution in [0.25, 0.3) is 0 Å². The molecule has 0 aliphatic heterocycles. The zero-order valence-corrected chi connectivity index (χ0v) is 14.2. The molecule has 0 saturated carbocycles. The SMILES string of the molecule is Cc1cc(C)c(C(N)=S)c(Nc2ccc(Cl)c(Br)c2)n1. The molecule has 1 aromatic carbocycles. The van der Waals surface area contributed by atoms with Crippen molar-refractivity contribution in [1.82, 2.24) is 4.98 Å². The summed E-state index contributed by atoms with van der Waals surface area (Å²) in [6.07, 6.45) is 0. The Bertz CT molecular complexity index is 688. The number of hydrogen-bond acceptors (Lipinski definition) is 3. The Hall–Kier alpha value is -1.17. The first-order valence-electron chi connectivity index (χ1n) is 5.88. The van der Waals surface area contributed by atoms with Crippen LogP contribution in [0.5, 0.6) is 0 Å². The third-order valence-electron chi connectivity index (χ3n) is 2.77. The first-order valence-corrected chi connectivity index (χ1v) is 7.46. The van der Waals surface area contributed by atoms with E-state index in [0.29, 0.717) is 15.8 Å². The predicted octanol–water partition coefficient (Wildman–Crippen LogP) is 4.49. The Kier molecular flexibility index (Phi) is 4.62. The molecule has 1 aromatic heterocycles. The van der Waals surface area contributed by atoms with Crippen molar-refractivity contribution >= 4 is 56.2 Å². The highest BCUT2D eigenvalue weighted by Gasteiger charge is 2.12. The van der Waals surface area contributed by atoms with Crippen molar-refractivity contribution < 1.29 is 0 Å². The summed E-state index contributed by atoms with van der Waals surface area (Å²) in [6, 6.07) is 7.51. The van der Waals surface area contributed by atoms with Crippen molar-refractivity contribution in [2.24, 2.45) is 5.73 Å². The number of pyridine rings is 1. The molecule has 0 amide bonds. The molecule has 2 aromatic rings. The Labute approximate surface area is 136 Å². The van der Waals surface area contributed by atoms with E-state index in [1.54, 1.807) is 6.07 Å². The lowest BCUT2D eigenvalue weighted by Gasteiger charge is -2.14. The molecular weight excluding hydrogens is 358 g/mol. The van der Waals surface area contributed by atoms with Crippen LogP contribution in [0.15, 0.2) is 28.7 Å². The van der Waals surface area contributed by atoms with Crippen molar-refractivity contribution in [2.75, 3.05) is 5.32 Å². The number of rotatable bonds is 3. The average Bonchev–Trinajstić information content (AvgIpc) is 2.32. The van der Waals surface area contributed by atoms with Gasteiger partial charge in [0.05, 0.1) is 10.6 Å². The Morgan fingerprint density at radius 3 is 2.65 bits per heavy atom. The van der Waals surface area contributed by atoms with Gasteiger partial charge in [-0.05, 0) is 59.6 Å². The van der Waals surface area contributed by atoms with Gasteiger partial charge in [0.25, 0.3) is 0 Å². The molecule has 20 heavy (non-hydrogen) atoms. The average molecular weight is 371 g/mol. The number of nitrogens with zero attached hydrogens (tertiary/aromatic N) is 1. The number of nitrogens with two attached hydrogens (primary N) is 1. The van der Waals surface area contributed by atoms with E-state index in [-0.39, 0.29) is 0 Å². The van der Waals surface area contributed by atoms with E-state index >= 15 is 0 Å². The third kappa shape index (κ3) is 3.29. The highest BCUT2D eigenvalue weighted by atomic mass is 79.9. The summed E-state index contributed by atoms with van der Waals surface area (Å²) in [4.78, 5) is 4.80. The molecule has 0 spiro atoms. The second-order valence-corrected chi connectivity index (χ2v) is 6.12. The second-order valence-electron chi connectivity index (χ2n) is 4.42. The summed E-state index contributed by atoms with van der Waals surface area (Å²) in [5.41, 5.74) is 9.31. The van der Waals surface area contributed by atoms with Crippen molar-refractivity contribution in [3.63, 3.8) is 0 Å². The number of thiocarbonyl (C=S) groups is 1. The fourth-order valence-corrected chi connectivity index (χ4v) is 2.70. The quantitative estimate of drug-likeness (QED) is 0.781. The molecule has 3 N–H and O–H groups in total. The normalized spacial score (nSPS) is 10.4. The first-order chi connectivity index (χ1) is 9.38. The first kappa shape index (κ1) is 15.2. The zero-order chi connectivity index (χ0) is 14.9. The minimum absolute atomic E-state index is 0.325. The largest absolute Gasteiger partial charge is 0.389 e. The van der Waals surface area contributed by atoms with E-state index in [1.165, 1.54) is 0 Å². The molecule has 0 atom stereocenters. The molecule has 104 valence electrons. The smallest absolute Gasteiger partial charge is 0.141 e. The maximum atomic E-state index is 5.98. The van der Waals surface area contributed by atoms with Gasteiger partial charge in [-0.2, -0.15) is 0 Å². The van der Waals surface area contributed by atoms with Gasteiger partial charge in [-0.3, -0.25) is 0 Å². The Morgan fingerprint density at radius 2 is 2.05 bits per heavy atom. The van der Waals surface area contributed by atoms with E-state index < -0.39 is 0 Å². The lowest BCUT2D eigenvalue weighted by atomic mass is 10.1. The standard InChI is InChI=1S/C14H13BrClN3S/c1-7-5-8(2)18-14(12(7)13(17)20)19-9-3-4-11(16)10(15)6-9/h3-6H,1-2H3,(H2,17,20)(H,18,19). The molecule has 3 nitrogen and oxygen atoms in total. The van der Waals surface area contributed by atoms with Gasteiger partial charge in [0.2, 0.25) is 0 Å². The molecular formula is C14H13BrClN3S. The van der Waals surface area contributed by atoms with Crippen LogP contribution in [0.1, 0.15) is 16.8 Å². The summed E-state index contributed by atoms with van der Waals surface area (Å²) in [5, 5.41) is 3.89. The third-order valence-corrected chi connectivity index (χ3v) is 4.19. The highest BCUT2D eigenvalue weighted by Crippen LogP contribution is 2.28. The van der Waals surface area contributed by atoms with E-state index in [1.807, 2.05) is 32.0 Å². The van der Waals surface area contributed by atoms with Gasteiger partial charge in [-0.25, -0.2) is 4.98 Å². The maximum absolute atomic E-state index is 5.98. The van der Waals surface area contributed by atoms with Crippen LogP contribution in [0.2, 0.25) is 5.02 Å². The van der Waals surface area contributed by atoms with E-state index in [4.69, 9.17) is 29.6 Å². The number of nitrogens with one attached hydrogen (secondary N) is 1. The monoisotopic (exact) mass is 369 g/mol. The van der Waals surface area contributed by atoms with E-state index in [2.05, 4.69) is 26.2 Å². The van der Waals surface area contributed by atoms with Crippen LogP contribution in [0.3, 0.4) is 0 Å². The van der Waals surface area contributed by atoms with E-state index in [9.17, 15) is 0 Å². The van der Waals surface area contributed by atoms with Crippen LogP contribution < -0.4 is 11.1 Å². The molecule has 0 aliphatic rings. The highest BCUT2D eigenvalue weighted by molar-refractivity contribution is 9.10. The van der Waals surface area contributed by atoms with Crippen molar-refractivity contribution in [1.29, 1.82) is 0 Å². The molecule has 0 fully saturated rings. The number of benzene rings is 1. The van der Waals surface area contributed by atoms with Crippen LogP contribution in [-0.2, 0) is 0 Å². The lowest BCUT2D eigenvalue weighted by Crippen LogP contribution is -2.15. The molecule has 1 heterocycles. The zero-order valence-electron chi connectivity index (χ0n) is 11.0. The number of hydrogen-bond donors (Lipinski definition) is 2. The molecule has 0 saturated heterocycles. The predicted molar refractivity (Wildman–Crippen MR) is 92.0 cm³/mol. The number of anilines is 2. The summed E-state index contributed by atoms with van der Waals surface area (Å²) in [7, 11) is 0. The minimum Gasteiger partial charge on any atom is -0.389 e. The molecule has 6 heteroatoms. The van der Waals surface area contributed by atoms with Crippen molar-refractivity contribution in [2.45, 2.75) is 13.8 Å². The Balaban J connectivity index is 2.47. The van der Waals surface area contributed by atoms with Crippen LogP contribution in [-0.4, -0.2) is 9.97 Å². The molecule has 0 unspecified atom stereocenters. The molecule has 2 rings (SSSR count). The van der Waals surface area contributed by atoms with Gasteiger partial charge in [0.15, 0.2) is 0 Å². The summed E-state index contributed by atoms with van der Waals surface area (Å²) < 4.78 is 0.811. The number of aromatic nitrogens is 1.